The molecule has 2 saturated heterocycles. The molecule has 6 aromatic rings. The van der Waals surface area contributed by atoms with Crippen LogP contribution >= 0.6 is 0 Å². The van der Waals surface area contributed by atoms with Crippen LogP contribution in [-0.4, -0.2) is 122 Å². The second kappa shape index (κ2) is 17.5. The van der Waals surface area contributed by atoms with Crippen molar-refractivity contribution in [1.82, 2.24) is 59.3 Å². The van der Waals surface area contributed by atoms with E-state index in [0.29, 0.717) is 47.1 Å². The number of aromatic amines is 2. The molecule has 4 atom stereocenters. The highest BCUT2D eigenvalue weighted by molar-refractivity contribution is 5.88. The normalized spacial score (nSPS) is 19.3. The van der Waals surface area contributed by atoms with Crippen molar-refractivity contribution in [2.45, 2.75) is 64.3 Å². The van der Waals surface area contributed by atoms with Gasteiger partial charge < -0.3 is 39.9 Å². The molecule has 8 heterocycles. The molecule has 0 bridgehead atoms. The van der Waals surface area contributed by atoms with Crippen molar-refractivity contribution in [3.63, 3.8) is 0 Å². The highest BCUT2D eigenvalue weighted by Crippen LogP contribution is 2.30. The molecular weight excluding hydrogens is 755 g/mol. The van der Waals surface area contributed by atoms with E-state index in [2.05, 4.69) is 63.9 Å². The van der Waals surface area contributed by atoms with E-state index in [-0.39, 0.29) is 49.5 Å². The van der Waals surface area contributed by atoms with Crippen LogP contribution in [0.3, 0.4) is 0 Å². The van der Waals surface area contributed by atoms with Gasteiger partial charge in [0, 0.05) is 51.0 Å². The lowest BCUT2D eigenvalue weighted by atomic mass is 10.1. The van der Waals surface area contributed by atoms with Gasteiger partial charge in [0.25, 0.3) is 0 Å². The first-order valence-electron chi connectivity index (χ1n) is 18.9. The predicted octanol–water partition coefficient (Wildman–Crippen LogP) is 4.84. The fraction of sp³-hybridized carbons (Fsp3) is 0.368. The summed E-state index contributed by atoms with van der Waals surface area (Å²) in [5.74, 6) is 0.626. The Morgan fingerprint density at radius 3 is 1.57 bits per heavy atom. The van der Waals surface area contributed by atoms with Crippen LogP contribution in [-0.2, 0) is 22.7 Å². The Labute approximate surface area is 331 Å². The van der Waals surface area contributed by atoms with Crippen molar-refractivity contribution in [3.8, 4) is 11.8 Å². The van der Waals surface area contributed by atoms with Gasteiger partial charge in [0.1, 0.15) is 35.8 Å². The van der Waals surface area contributed by atoms with Gasteiger partial charge in [-0.1, -0.05) is 13.2 Å². The standard InChI is InChI=1S/2C19H22FN7O2/c2*1-3-16(28)26-8-6-14(20)15(11-26)29-18-13-5-7-21-17(13)24-19(25-18)23-12-9-22-27(4-2)10-12/h2*3,5,7,9-10,14-15H,1,4,6,8,11H2,2H3,(H2,21,23,24,25)/t2*14-,15+/m10/s1. The molecule has 0 unspecified atom stereocenters. The lowest BCUT2D eigenvalue weighted by Gasteiger charge is -2.34. The molecule has 2 aliphatic heterocycles. The fourth-order valence-electron chi connectivity index (χ4n) is 6.52. The molecule has 0 aliphatic carbocycles. The van der Waals surface area contributed by atoms with Gasteiger partial charge in [-0.15, -0.1) is 0 Å². The zero-order valence-corrected chi connectivity index (χ0v) is 32.0. The number of fused-ring (bicyclic) bond motifs is 2. The molecule has 0 spiro atoms. The monoisotopic (exact) mass is 798 g/mol. The molecule has 4 N–H and O–H groups in total. The molecule has 0 radical (unpaired) electrons. The third-order valence-electron chi connectivity index (χ3n) is 9.64. The Kier molecular flexibility index (Phi) is 11.9. The average Bonchev–Trinajstić information content (AvgIpc) is 4.07. The Hall–Kier alpha value is -6.86. The Balaban J connectivity index is 0.000000177. The summed E-state index contributed by atoms with van der Waals surface area (Å²) in [5.41, 5.74) is 2.58. The first-order valence-corrected chi connectivity index (χ1v) is 18.9. The number of nitrogens with zero attached hydrogens (tertiary/aromatic N) is 10. The Bertz CT molecular complexity index is 2230. The van der Waals surface area contributed by atoms with E-state index in [1.165, 1.54) is 22.0 Å². The number of rotatable bonds is 12. The Morgan fingerprint density at radius 2 is 1.19 bits per heavy atom. The third kappa shape index (κ3) is 8.90. The van der Waals surface area contributed by atoms with Gasteiger partial charge in [0.05, 0.1) is 47.6 Å². The molecule has 2 fully saturated rings. The molecule has 2 aliphatic rings. The fourth-order valence-corrected chi connectivity index (χ4v) is 6.52. The molecule has 0 aromatic carbocycles. The lowest BCUT2D eigenvalue weighted by molar-refractivity contribution is -0.130. The van der Waals surface area contributed by atoms with E-state index in [0.717, 1.165) is 24.5 Å². The van der Waals surface area contributed by atoms with Crippen LogP contribution in [0.4, 0.5) is 32.1 Å². The minimum atomic E-state index is -1.20. The molecule has 0 saturated carbocycles. The number of nitrogens with one attached hydrogen (secondary N) is 4. The second-order valence-electron chi connectivity index (χ2n) is 13.5. The van der Waals surface area contributed by atoms with Crippen LogP contribution in [0.2, 0.25) is 0 Å². The van der Waals surface area contributed by atoms with Crippen molar-refractivity contribution in [2.75, 3.05) is 36.8 Å². The summed E-state index contributed by atoms with van der Waals surface area (Å²) in [6.07, 6.45) is 9.24. The quantitative estimate of drug-likeness (QED) is 0.123. The number of hydrogen-bond acceptors (Lipinski definition) is 12. The summed E-state index contributed by atoms with van der Waals surface area (Å²) in [5, 5.41) is 15.9. The lowest BCUT2D eigenvalue weighted by Crippen LogP contribution is -2.49. The van der Waals surface area contributed by atoms with Gasteiger partial charge in [-0.25, -0.2) is 8.78 Å². The topological polar surface area (TPSA) is 202 Å². The summed E-state index contributed by atoms with van der Waals surface area (Å²) in [6.45, 7) is 13.4. The maximum Gasteiger partial charge on any atom is 0.246 e. The number of carbonyl (C=O) groups excluding carboxylic acids is 2. The molecular formula is C38H44F2N14O4. The molecule has 8 rings (SSSR count). The average molecular weight is 799 g/mol. The van der Waals surface area contributed by atoms with Crippen LogP contribution in [0.1, 0.15) is 26.7 Å². The van der Waals surface area contributed by atoms with Crippen LogP contribution < -0.4 is 20.1 Å². The predicted molar refractivity (Wildman–Crippen MR) is 212 cm³/mol. The first-order chi connectivity index (χ1) is 28.1. The van der Waals surface area contributed by atoms with Crippen molar-refractivity contribution in [1.29, 1.82) is 0 Å². The number of aromatic nitrogens is 10. The SMILES string of the molecule is C=CC(=O)N1CC[C@@H](F)[C@@H](Oc2nc(Nc3cnn(CC)c3)nc3[nH]ccc23)C1.C=CC(=O)N1CC[C@H](F)[C@H](Oc2nc(Nc3cnn(CC)c3)nc3[nH]ccc23)C1. The van der Waals surface area contributed by atoms with Crippen molar-refractivity contribution >= 4 is 57.2 Å². The zero-order chi connectivity index (χ0) is 40.8. The number of anilines is 4. The molecule has 6 aromatic heterocycles. The Morgan fingerprint density at radius 1 is 0.759 bits per heavy atom. The number of ether oxygens (including phenoxy) is 2. The summed E-state index contributed by atoms with van der Waals surface area (Å²) in [7, 11) is 0. The number of H-pyrrole nitrogens is 2. The van der Waals surface area contributed by atoms with E-state index in [1.54, 1.807) is 46.3 Å². The smallest absolute Gasteiger partial charge is 0.246 e. The summed E-state index contributed by atoms with van der Waals surface area (Å²) in [4.78, 5) is 50.6. The minimum absolute atomic E-state index is 0.133. The van der Waals surface area contributed by atoms with Gasteiger partial charge in [-0.3, -0.25) is 19.0 Å². The maximum absolute atomic E-state index is 14.5. The number of carbonyl (C=O) groups is 2. The van der Waals surface area contributed by atoms with Crippen LogP contribution in [0.25, 0.3) is 22.1 Å². The second-order valence-corrected chi connectivity index (χ2v) is 13.5. The number of halogens is 2. The van der Waals surface area contributed by atoms with E-state index in [9.17, 15) is 18.4 Å². The third-order valence-corrected chi connectivity index (χ3v) is 9.64. The highest BCUT2D eigenvalue weighted by atomic mass is 19.1. The van der Waals surface area contributed by atoms with Crippen LogP contribution in [0, 0.1) is 0 Å². The van der Waals surface area contributed by atoms with E-state index in [1.807, 2.05) is 26.2 Å². The summed E-state index contributed by atoms with van der Waals surface area (Å²) in [6, 6.07) is 3.54. The molecule has 2 amide bonds. The number of piperidine rings is 2. The van der Waals surface area contributed by atoms with E-state index in [4.69, 9.17) is 9.47 Å². The van der Waals surface area contributed by atoms with Gasteiger partial charge in [0.2, 0.25) is 35.5 Å². The number of hydrogen-bond donors (Lipinski definition) is 4. The summed E-state index contributed by atoms with van der Waals surface area (Å²) >= 11 is 0. The van der Waals surface area contributed by atoms with Crippen LogP contribution in [0.5, 0.6) is 11.8 Å². The molecule has 304 valence electrons. The van der Waals surface area contributed by atoms with E-state index < -0.39 is 24.6 Å². The number of alkyl halides is 2. The summed E-state index contributed by atoms with van der Waals surface area (Å²) < 4.78 is 44.5. The van der Waals surface area contributed by atoms with Gasteiger partial charge in [-0.2, -0.15) is 30.1 Å². The molecule has 18 nitrogen and oxygen atoms in total. The van der Waals surface area contributed by atoms with Crippen molar-refractivity contribution in [3.05, 3.63) is 74.6 Å². The number of likely N-dealkylation sites (tertiary alicyclic amines) is 2. The maximum atomic E-state index is 14.5. The van der Waals surface area contributed by atoms with E-state index >= 15 is 0 Å². The minimum Gasteiger partial charge on any atom is -0.469 e. The number of amides is 2. The van der Waals surface area contributed by atoms with Gasteiger partial charge in [-0.05, 0) is 51.0 Å². The first kappa shape index (κ1) is 39.4. The van der Waals surface area contributed by atoms with Crippen molar-refractivity contribution < 1.29 is 27.8 Å². The highest BCUT2D eigenvalue weighted by Gasteiger charge is 2.34. The molecule has 58 heavy (non-hydrogen) atoms. The van der Waals surface area contributed by atoms with Gasteiger partial charge >= 0.3 is 0 Å². The zero-order valence-electron chi connectivity index (χ0n) is 32.0. The molecule has 20 heteroatoms. The number of aryl methyl sites for hydroxylation is 2. The van der Waals surface area contributed by atoms with Gasteiger partial charge in [0.15, 0.2) is 0 Å². The van der Waals surface area contributed by atoms with Crippen LogP contribution in [0.15, 0.2) is 74.6 Å². The largest absolute Gasteiger partial charge is 0.469 e. The van der Waals surface area contributed by atoms with Crippen molar-refractivity contribution in [2.24, 2.45) is 0 Å².